The number of hydrogen-bond donors (Lipinski definition) is 2. The highest BCUT2D eigenvalue weighted by Crippen LogP contribution is 2.08. The third-order valence-corrected chi connectivity index (χ3v) is 2.17. The predicted octanol–water partition coefficient (Wildman–Crippen LogP) is 0.921. The summed E-state index contributed by atoms with van der Waals surface area (Å²) in [5.41, 5.74) is 6.37. The molecule has 0 aromatic carbocycles. The van der Waals surface area contributed by atoms with E-state index in [4.69, 9.17) is 5.73 Å². The number of nitrogens with one attached hydrogen (secondary N) is 1. The van der Waals surface area contributed by atoms with Crippen LogP contribution in [-0.4, -0.2) is 21.7 Å². The molecule has 0 aliphatic heterocycles. The van der Waals surface area contributed by atoms with Crippen molar-refractivity contribution < 1.29 is 4.79 Å². The summed E-state index contributed by atoms with van der Waals surface area (Å²) >= 11 is 0. The van der Waals surface area contributed by atoms with Crippen LogP contribution in [0.1, 0.15) is 37.2 Å². The molecule has 84 valence electrons. The van der Waals surface area contributed by atoms with Crippen molar-refractivity contribution in [1.29, 1.82) is 0 Å². The van der Waals surface area contributed by atoms with Gasteiger partial charge in [0.15, 0.2) is 5.69 Å². The average Bonchev–Trinajstić information content (AvgIpc) is 2.45. The van der Waals surface area contributed by atoms with Crippen LogP contribution in [0.25, 0.3) is 0 Å². The number of nitrogens with zero attached hydrogens (tertiary/aromatic N) is 2. The summed E-state index contributed by atoms with van der Waals surface area (Å²) in [7, 11) is 1.74. The summed E-state index contributed by atoms with van der Waals surface area (Å²) in [6.07, 6.45) is 3.62. The molecule has 5 nitrogen and oxygen atoms in total. The first-order valence-electron chi connectivity index (χ1n) is 5.14. The summed E-state index contributed by atoms with van der Waals surface area (Å²) in [5, 5.41) is 6.86. The minimum atomic E-state index is -0.200. The number of anilines is 1. The van der Waals surface area contributed by atoms with Crippen LogP contribution in [0.2, 0.25) is 0 Å². The Morgan fingerprint density at radius 1 is 1.73 bits per heavy atom. The molecule has 1 heterocycles. The van der Waals surface area contributed by atoms with Crippen LogP contribution in [-0.2, 0) is 7.05 Å². The zero-order valence-corrected chi connectivity index (χ0v) is 9.45. The van der Waals surface area contributed by atoms with Crippen molar-refractivity contribution in [3.8, 4) is 0 Å². The van der Waals surface area contributed by atoms with Crippen LogP contribution in [0, 0.1) is 0 Å². The summed E-state index contributed by atoms with van der Waals surface area (Å²) < 4.78 is 1.54. The highest BCUT2D eigenvalue weighted by atomic mass is 16.2. The van der Waals surface area contributed by atoms with Gasteiger partial charge in [-0.15, -0.1) is 0 Å². The maximum Gasteiger partial charge on any atom is 0.274 e. The predicted molar refractivity (Wildman–Crippen MR) is 59.5 cm³/mol. The first-order valence-corrected chi connectivity index (χ1v) is 5.14. The van der Waals surface area contributed by atoms with E-state index in [0.29, 0.717) is 11.4 Å². The van der Waals surface area contributed by atoms with Crippen molar-refractivity contribution in [3.63, 3.8) is 0 Å². The van der Waals surface area contributed by atoms with E-state index in [-0.39, 0.29) is 11.9 Å². The second kappa shape index (κ2) is 4.82. The molecule has 0 fully saturated rings. The van der Waals surface area contributed by atoms with Crippen LogP contribution < -0.4 is 11.1 Å². The molecule has 1 amide bonds. The SMILES string of the molecule is CCCC(C)NC(=O)c1nn(C)cc1N. The minimum absolute atomic E-state index is 0.156. The smallest absolute Gasteiger partial charge is 0.274 e. The molecule has 1 rings (SSSR count). The van der Waals surface area contributed by atoms with Crippen LogP contribution in [0.3, 0.4) is 0 Å². The molecule has 1 aromatic heterocycles. The molecule has 0 saturated carbocycles. The van der Waals surface area contributed by atoms with Crippen molar-refractivity contribution in [2.75, 3.05) is 5.73 Å². The molecule has 1 unspecified atom stereocenters. The quantitative estimate of drug-likeness (QED) is 0.776. The molecule has 0 aliphatic carbocycles. The summed E-state index contributed by atoms with van der Waals surface area (Å²) in [6.45, 7) is 4.05. The fourth-order valence-corrected chi connectivity index (χ4v) is 1.48. The molecule has 0 spiro atoms. The lowest BCUT2D eigenvalue weighted by Gasteiger charge is -2.11. The van der Waals surface area contributed by atoms with E-state index in [1.165, 1.54) is 4.68 Å². The highest BCUT2D eigenvalue weighted by Gasteiger charge is 2.15. The Kier molecular flexibility index (Phi) is 3.71. The molecule has 15 heavy (non-hydrogen) atoms. The van der Waals surface area contributed by atoms with Crippen molar-refractivity contribution in [2.24, 2.45) is 7.05 Å². The van der Waals surface area contributed by atoms with Gasteiger partial charge in [-0.25, -0.2) is 0 Å². The largest absolute Gasteiger partial charge is 0.396 e. The van der Waals surface area contributed by atoms with Crippen molar-refractivity contribution in [1.82, 2.24) is 15.1 Å². The minimum Gasteiger partial charge on any atom is -0.396 e. The second-order valence-electron chi connectivity index (χ2n) is 3.77. The van der Waals surface area contributed by atoms with Crippen LogP contribution in [0.5, 0.6) is 0 Å². The van der Waals surface area contributed by atoms with E-state index in [0.717, 1.165) is 12.8 Å². The van der Waals surface area contributed by atoms with Gasteiger partial charge in [0.2, 0.25) is 0 Å². The van der Waals surface area contributed by atoms with Gasteiger partial charge in [-0.1, -0.05) is 13.3 Å². The summed E-state index contributed by atoms with van der Waals surface area (Å²) in [4.78, 5) is 11.7. The molecular formula is C10H18N4O. The van der Waals surface area contributed by atoms with E-state index in [1.54, 1.807) is 13.2 Å². The second-order valence-corrected chi connectivity index (χ2v) is 3.77. The Balaban J connectivity index is 2.65. The normalized spacial score (nSPS) is 12.5. The number of hydrogen-bond acceptors (Lipinski definition) is 3. The molecule has 0 bridgehead atoms. The van der Waals surface area contributed by atoms with Gasteiger partial charge >= 0.3 is 0 Å². The van der Waals surface area contributed by atoms with Gasteiger partial charge in [-0.05, 0) is 13.3 Å². The van der Waals surface area contributed by atoms with Gasteiger partial charge in [0.05, 0.1) is 5.69 Å². The Morgan fingerprint density at radius 3 is 2.87 bits per heavy atom. The fourth-order valence-electron chi connectivity index (χ4n) is 1.48. The van der Waals surface area contributed by atoms with Crippen LogP contribution in [0.4, 0.5) is 5.69 Å². The lowest BCUT2D eigenvalue weighted by molar-refractivity contribution is 0.0933. The third kappa shape index (κ3) is 2.97. The number of aromatic nitrogens is 2. The number of carbonyl (C=O) groups excluding carboxylic acids is 1. The highest BCUT2D eigenvalue weighted by molar-refractivity contribution is 5.97. The number of nitrogen functional groups attached to an aromatic ring is 1. The van der Waals surface area contributed by atoms with E-state index in [1.807, 2.05) is 6.92 Å². The van der Waals surface area contributed by atoms with Crippen molar-refractivity contribution in [3.05, 3.63) is 11.9 Å². The maximum absolute atomic E-state index is 11.7. The Labute approximate surface area is 89.6 Å². The van der Waals surface area contributed by atoms with Crippen LogP contribution in [0.15, 0.2) is 6.20 Å². The number of rotatable bonds is 4. The van der Waals surface area contributed by atoms with Crippen LogP contribution >= 0.6 is 0 Å². The van der Waals surface area contributed by atoms with Gasteiger partial charge < -0.3 is 11.1 Å². The van der Waals surface area contributed by atoms with Gasteiger partial charge in [0.25, 0.3) is 5.91 Å². The molecule has 3 N–H and O–H groups in total. The molecule has 1 aromatic rings. The van der Waals surface area contributed by atoms with E-state index < -0.39 is 0 Å². The standard InChI is InChI=1S/C10H18N4O/c1-4-5-7(2)12-10(15)9-8(11)6-14(3)13-9/h6-7H,4-5,11H2,1-3H3,(H,12,15). The lowest BCUT2D eigenvalue weighted by Crippen LogP contribution is -2.33. The Hall–Kier alpha value is -1.52. The molecule has 5 heteroatoms. The molecular weight excluding hydrogens is 192 g/mol. The molecule has 1 atom stereocenters. The molecule has 0 saturated heterocycles. The zero-order valence-electron chi connectivity index (χ0n) is 9.45. The summed E-state index contributed by atoms with van der Waals surface area (Å²) in [6, 6.07) is 0.156. The van der Waals surface area contributed by atoms with Crippen molar-refractivity contribution >= 4 is 11.6 Å². The van der Waals surface area contributed by atoms with Gasteiger partial charge in [0, 0.05) is 19.3 Å². The summed E-state index contributed by atoms with van der Waals surface area (Å²) in [5.74, 6) is -0.200. The Morgan fingerprint density at radius 2 is 2.40 bits per heavy atom. The fraction of sp³-hybridized carbons (Fsp3) is 0.600. The van der Waals surface area contributed by atoms with Gasteiger partial charge in [-0.2, -0.15) is 5.10 Å². The number of nitrogens with two attached hydrogens (primary N) is 1. The first kappa shape index (κ1) is 11.6. The third-order valence-electron chi connectivity index (χ3n) is 2.17. The van der Waals surface area contributed by atoms with Gasteiger partial charge in [0.1, 0.15) is 0 Å². The molecule has 0 aliphatic rings. The first-order chi connectivity index (χ1) is 7.04. The topological polar surface area (TPSA) is 72.9 Å². The van der Waals surface area contributed by atoms with E-state index in [9.17, 15) is 4.79 Å². The zero-order chi connectivity index (χ0) is 11.4. The maximum atomic E-state index is 11.7. The average molecular weight is 210 g/mol. The number of amides is 1. The van der Waals surface area contributed by atoms with Crippen molar-refractivity contribution in [2.45, 2.75) is 32.7 Å². The number of carbonyl (C=O) groups is 1. The van der Waals surface area contributed by atoms with E-state index in [2.05, 4.69) is 17.3 Å². The van der Waals surface area contributed by atoms with E-state index >= 15 is 0 Å². The monoisotopic (exact) mass is 210 g/mol. The van der Waals surface area contributed by atoms with Gasteiger partial charge in [-0.3, -0.25) is 9.48 Å². The molecule has 0 radical (unpaired) electrons. The number of aryl methyl sites for hydroxylation is 1. The Bertz CT molecular complexity index is 345. The lowest BCUT2D eigenvalue weighted by atomic mass is 10.2.